The van der Waals surface area contributed by atoms with Crippen LogP contribution in [0.4, 0.5) is 0 Å². The second-order valence-corrected chi connectivity index (χ2v) is 8.28. The van der Waals surface area contributed by atoms with Gasteiger partial charge in [0.15, 0.2) is 6.10 Å². The molecule has 7 nitrogen and oxygen atoms in total. The normalized spacial score (nSPS) is 17.0. The number of ether oxygens (including phenoxy) is 1. The second-order valence-electron chi connectivity index (χ2n) is 8.28. The monoisotopic (exact) mass is 388 g/mol. The summed E-state index contributed by atoms with van der Waals surface area (Å²) in [5, 5.41) is 16.8. The third-order valence-corrected chi connectivity index (χ3v) is 5.35. The van der Waals surface area contributed by atoms with Crippen molar-refractivity contribution in [1.82, 2.24) is 15.1 Å². The van der Waals surface area contributed by atoms with Crippen molar-refractivity contribution in [2.75, 3.05) is 0 Å². The van der Waals surface area contributed by atoms with Crippen molar-refractivity contribution in [3.05, 3.63) is 17.0 Å². The first-order valence-electron chi connectivity index (χ1n) is 10.1. The van der Waals surface area contributed by atoms with E-state index in [2.05, 4.69) is 30.3 Å². The van der Waals surface area contributed by atoms with Crippen LogP contribution in [0.2, 0.25) is 0 Å². The molecule has 1 aliphatic carbocycles. The Morgan fingerprint density at radius 2 is 1.89 bits per heavy atom. The largest absolute Gasteiger partial charge is 0.452 e. The molecule has 0 spiro atoms. The van der Waals surface area contributed by atoms with Crippen molar-refractivity contribution in [2.45, 2.75) is 91.3 Å². The van der Waals surface area contributed by atoms with Gasteiger partial charge >= 0.3 is 5.97 Å². The van der Waals surface area contributed by atoms with Crippen LogP contribution in [0.25, 0.3) is 0 Å². The first kappa shape index (κ1) is 21.9. The fourth-order valence-corrected chi connectivity index (χ4v) is 3.71. The SMILES string of the molecule is Cc1nn(CC(C)C)c(C)c1CC(=O)OC(C)C(=O)NC1(C#N)CCCCC1. The lowest BCUT2D eigenvalue weighted by molar-refractivity contribution is -0.154. The van der Waals surface area contributed by atoms with Crippen LogP contribution in [-0.4, -0.2) is 33.3 Å². The van der Waals surface area contributed by atoms with Crippen LogP contribution in [0.1, 0.15) is 69.8 Å². The van der Waals surface area contributed by atoms with E-state index in [0.29, 0.717) is 18.8 Å². The fourth-order valence-electron chi connectivity index (χ4n) is 3.71. The highest BCUT2D eigenvalue weighted by molar-refractivity contribution is 5.84. The number of rotatable bonds is 7. The molecule has 7 heteroatoms. The van der Waals surface area contributed by atoms with Gasteiger partial charge in [-0.25, -0.2) is 0 Å². The summed E-state index contributed by atoms with van der Waals surface area (Å²) in [5.74, 6) is -0.429. The summed E-state index contributed by atoms with van der Waals surface area (Å²) in [7, 11) is 0. The molecule has 0 bridgehead atoms. The van der Waals surface area contributed by atoms with Gasteiger partial charge in [0.1, 0.15) is 5.54 Å². The zero-order valence-corrected chi connectivity index (χ0v) is 17.7. The molecular formula is C21H32N4O3. The zero-order valence-electron chi connectivity index (χ0n) is 17.7. The van der Waals surface area contributed by atoms with Crippen molar-refractivity contribution in [2.24, 2.45) is 5.92 Å². The molecule has 0 aliphatic heterocycles. The zero-order chi connectivity index (χ0) is 20.9. The Balaban J connectivity index is 1.96. The highest BCUT2D eigenvalue weighted by Gasteiger charge is 2.35. The third kappa shape index (κ3) is 5.34. The predicted molar refractivity (Wildman–Crippen MR) is 105 cm³/mol. The van der Waals surface area contributed by atoms with Gasteiger partial charge in [0, 0.05) is 17.8 Å². The van der Waals surface area contributed by atoms with E-state index in [0.717, 1.165) is 42.8 Å². The van der Waals surface area contributed by atoms with Crippen LogP contribution in [0, 0.1) is 31.1 Å². The summed E-state index contributed by atoms with van der Waals surface area (Å²) >= 11 is 0. The maximum atomic E-state index is 12.5. The number of nitrogens with zero attached hydrogens (tertiary/aromatic N) is 3. The quantitative estimate of drug-likeness (QED) is 0.724. The van der Waals surface area contributed by atoms with Crippen LogP contribution in [0.15, 0.2) is 0 Å². The molecule has 0 saturated heterocycles. The van der Waals surface area contributed by atoms with Gasteiger partial charge in [0.05, 0.1) is 18.2 Å². The molecule has 1 unspecified atom stereocenters. The fraction of sp³-hybridized carbons (Fsp3) is 0.714. The Labute approximate surface area is 167 Å². The number of nitriles is 1. The van der Waals surface area contributed by atoms with Gasteiger partial charge in [-0.05, 0) is 39.5 Å². The summed E-state index contributed by atoms with van der Waals surface area (Å²) in [5.41, 5.74) is 1.77. The average molecular weight is 389 g/mol. The van der Waals surface area contributed by atoms with Gasteiger partial charge in [0.2, 0.25) is 0 Å². The topological polar surface area (TPSA) is 97.0 Å². The van der Waals surface area contributed by atoms with Gasteiger partial charge in [-0.3, -0.25) is 14.3 Å². The summed E-state index contributed by atoms with van der Waals surface area (Å²) in [4.78, 5) is 24.9. The van der Waals surface area contributed by atoms with E-state index < -0.39 is 23.5 Å². The molecule has 1 heterocycles. The van der Waals surface area contributed by atoms with Gasteiger partial charge in [0.25, 0.3) is 5.91 Å². The first-order valence-corrected chi connectivity index (χ1v) is 10.1. The molecular weight excluding hydrogens is 356 g/mol. The van der Waals surface area contributed by atoms with E-state index in [-0.39, 0.29) is 6.42 Å². The molecule has 1 amide bonds. The van der Waals surface area contributed by atoms with Crippen molar-refractivity contribution >= 4 is 11.9 Å². The second kappa shape index (κ2) is 9.22. The summed E-state index contributed by atoms with van der Waals surface area (Å²) < 4.78 is 7.27. The molecule has 1 aromatic rings. The molecule has 1 aliphatic rings. The van der Waals surface area contributed by atoms with Crippen molar-refractivity contribution in [1.29, 1.82) is 5.26 Å². The van der Waals surface area contributed by atoms with E-state index in [4.69, 9.17) is 4.74 Å². The van der Waals surface area contributed by atoms with Crippen molar-refractivity contribution < 1.29 is 14.3 Å². The summed E-state index contributed by atoms with van der Waals surface area (Å²) in [6.45, 7) is 10.4. The predicted octanol–water partition coefficient (Wildman–Crippen LogP) is 2.97. The number of aryl methyl sites for hydroxylation is 1. The summed E-state index contributed by atoms with van der Waals surface area (Å²) in [6, 6.07) is 2.25. The van der Waals surface area contributed by atoms with Crippen LogP contribution >= 0.6 is 0 Å². The lowest BCUT2D eigenvalue weighted by atomic mass is 9.83. The number of esters is 1. The molecule has 2 rings (SSSR count). The van der Waals surface area contributed by atoms with Crippen LogP contribution in [0.5, 0.6) is 0 Å². The minimum atomic E-state index is -0.939. The first-order chi connectivity index (χ1) is 13.2. The Morgan fingerprint density at radius 1 is 1.25 bits per heavy atom. The van der Waals surface area contributed by atoms with Crippen molar-refractivity contribution in [3.63, 3.8) is 0 Å². The van der Waals surface area contributed by atoms with E-state index in [1.54, 1.807) is 6.92 Å². The molecule has 154 valence electrons. The maximum Gasteiger partial charge on any atom is 0.311 e. The molecule has 0 aromatic carbocycles. The number of nitrogens with one attached hydrogen (secondary N) is 1. The van der Waals surface area contributed by atoms with E-state index in [9.17, 15) is 14.9 Å². The molecule has 1 atom stereocenters. The van der Waals surface area contributed by atoms with E-state index >= 15 is 0 Å². The Bertz CT molecular complexity index is 754. The number of hydrogen-bond acceptors (Lipinski definition) is 5. The molecule has 1 fully saturated rings. The van der Waals surface area contributed by atoms with Crippen LogP contribution in [-0.2, 0) is 27.3 Å². The number of carbonyl (C=O) groups is 2. The van der Waals surface area contributed by atoms with Crippen LogP contribution < -0.4 is 5.32 Å². The number of amides is 1. The standard InChI is InChI=1S/C21H32N4O3/c1-14(2)12-25-16(4)18(15(3)24-25)11-19(26)28-17(5)20(27)23-21(13-22)9-7-6-8-10-21/h14,17H,6-12H2,1-5H3,(H,23,27). The minimum absolute atomic E-state index is 0.0801. The number of hydrogen-bond donors (Lipinski definition) is 1. The lowest BCUT2D eigenvalue weighted by Gasteiger charge is -2.32. The van der Waals surface area contributed by atoms with Gasteiger partial charge < -0.3 is 10.1 Å². The van der Waals surface area contributed by atoms with Crippen molar-refractivity contribution in [3.8, 4) is 6.07 Å². The minimum Gasteiger partial charge on any atom is -0.452 e. The van der Waals surface area contributed by atoms with E-state index in [1.165, 1.54) is 0 Å². The highest BCUT2D eigenvalue weighted by atomic mass is 16.5. The molecule has 1 aromatic heterocycles. The molecule has 28 heavy (non-hydrogen) atoms. The van der Waals surface area contributed by atoms with Gasteiger partial charge in [-0.2, -0.15) is 10.4 Å². The van der Waals surface area contributed by atoms with E-state index in [1.807, 2.05) is 18.5 Å². The average Bonchev–Trinajstić information content (AvgIpc) is 2.89. The molecule has 0 radical (unpaired) electrons. The van der Waals surface area contributed by atoms with Gasteiger partial charge in [-0.15, -0.1) is 0 Å². The van der Waals surface area contributed by atoms with Crippen LogP contribution in [0.3, 0.4) is 0 Å². The smallest absolute Gasteiger partial charge is 0.311 e. The maximum absolute atomic E-state index is 12.5. The Kier molecular flexibility index (Phi) is 7.22. The lowest BCUT2D eigenvalue weighted by Crippen LogP contribution is -2.52. The molecule has 1 saturated carbocycles. The Morgan fingerprint density at radius 3 is 2.46 bits per heavy atom. The Hall–Kier alpha value is -2.36. The molecule has 1 N–H and O–H groups in total. The summed E-state index contributed by atoms with van der Waals surface area (Å²) in [6.07, 6.45) is 3.34. The highest BCUT2D eigenvalue weighted by Crippen LogP contribution is 2.27. The number of aromatic nitrogens is 2. The number of carbonyl (C=O) groups excluding carboxylic acids is 2. The van der Waals surface area contributed by atoms with Gasteiger partial charge in [-0.1, -0.05) is 33.1 Å². The third-order valence-electron chi connectivity index (χ3n) is 5.35.